The van der Waals surface area contributed by atoms with Gasteiger partial charge in [0.25, 0.3) is 0 Å². The fourth-order valence-corrected chi connectivity index (χ4v) is 14.7. The molecule has 79 heavy (non-hydrogen) atoms. The van der Waals surface area contributed by atoms with Gasteiger partial charge in [-0.1, -0.05) is 127 Å². The highest BCUT2D eigenvalue weighted by molar-refractivity contribution is 7.99. The minimum atomic E-state index is -0.673. The molecule has 0 radical (unpaired) electrons. The highest BCUT2D eigenvalue weighted by Gasteiger charge is 2.51. The van der Waals surface area contributed by atoms with E-state index in [1.165, 1.54) is 70.1 Å². The zero-order valence-electron chi connectivity index (χ0n) is 42.3. The van der Waals surface area contributed by atoms with E-state index in [1.807, 2.05) is 36.3 Å². The van der Waals surface area contributed by atoms with Crippen LogP contribution in [0.5, 0.6) is 0 Å². The molecule has 1 aliphatic carbocycles. The molecule has 2 aliphatic rings. The summed E-state index contributed by atoms with van der Waals surface area (Å²) in [6.45, 7) is 0. The number of benzene rings is 10. The van der Waals surface area contributed by atoms with Crippen molar-refractivity contribution in [3.8, 4) is 56.8 Å². The van der Waals surface area contributed by atoms with Gasteiger partial charge in [0.05, 0.1) is 61.5 Å². The van der Waals surface area contributed by atoms with Crippen LogP contribution in [0.25, 0.3) is 116 Å². The van der Waals surface area contributed by atoms with Gasteiger partial charge in [0.1, 0.15) is 0 Å². The Labute approximate surface area is 458 Å². The van der Waals surface area contributed by atoms with E-state index in [4.69, 9.17) is 9.97 Å². The maximum atomic E-state index is 10.2. The summed E-state index contributed by atoms with van der Waals surface area (Å²) in [5.41, 5.74) is 21.2. The maximum absolute atomic E-state index is 10.2. The van der Waals surface area contributed by atoms with Crippen LogP contribution in [0.1, 0.15) is 27.8 Å². The first-order valence-corrected chi connectivity index (χ1v) is 27.5. The van der Waals surface area contributed by atoms with Crippen molar-refractivity contribution in [3.63, 3.8) is 0 Å². The van der Waals surface area contributed by atoms with E-state index in [-0.39, 0.29) is 0 Å². The van der Waals surface area contributed by atoms with Crippen molar-refractivity contribution >= 4 is 77.2 Å². The zero-order chi connectivity index (χ0) is 51.9. The number of hydrogen-bond acceptors (Lipinski definition) is 4. The molecule has 5 aromatic heterocycles. The Hall–Kier alpha value is -10.3. The molecule has 7 heteroatoms. The van der Waals surface area contributed by atoms with Crippen LogP contribution in [0.4, 0.5) is 0 Å². The summed E-state index contributed by atoms with van der Waals surface area (Å²) < 4.78 is 7.06. The largest absolute Gasteiger partial charge is 0.309 e. The molecule has 366 valence electrons. The van der Waals surface area contributed by atoms with E-state index in [9.17, 15) is 5.26 Å². The van der Waals surface area contributed by atoms with Crippen LogP contribution in [-0.4, -0.2) is 23.7 Å². The molecule has 0 saturated heterocycles. The summed E-state index contributed by atoms with van der Waals surface area (Å²) in [5.74, 6) is 0. The molecule has 0 atom stereocenters. The van der Waals surface area contributed by atoms with E-state index in [0.717, 1.165) is 78.1 Å². The highest BCUT2D eigenvalue weighted by atomic mass is 32.2. The lowest BCUT2D eigenvalue weighted by molar-refractivity contribution is 0.720. The maximum Gasteiger partial charge on any atom is 0.0991 e. The molecule has 0 unspecified atom stereocenters. The SMILES string of the molecule is N#Cc1ccc2c(c1)c1cc(-c3ccc4c(c3)Sc3ccc(-c5ccc6c(c5)c5ccccc5n6-c5ccccc5)cc3C43c4cccnc4-c4ncccc43)ccc1n2-c1ccc(-n2c3ccccc3c3ccccc32)cc1. The van der Waals surface area contributed by atoms with Gasteiger partial charge in [-0.3, -0.25) is 9.97 Å². The molecule has 0 N–H and O–H groups in total. The van der Waals surface area contributed by atoms with Gasteiger partial charge in [0.15, 0.2) is 0 Å². The molecule has 6 heterocycles. The number of nitriles is 1. The molecule has 6 nitrogen and oxygen atoms in total. The van der Waals surface area contributed by atoms with Crippen molar-refractivity contribution in [1.82, 2.24) is 23.7 Å². The number of nitrogens with zero attached hydrogens (tertiary/aromatic N) is 6. The Morgan fingerprint density at radius 2 is 0.772 bits per heavy atom. The lowest BCUT2D eigenvalue weighted by Gasteiger charge is -2.39. The van der Waals surface area contributed by atoms with Gasteiger partial charge >= 0.3 is 0 Å². The van der Waals surface area contributed by atoms with Gasteiger partial charge in [0.2, 0.25) is 0 Å². The van der Waals surface area contributed by atoms with Gasteiger partial charge < -0.3 is 13.7 Å². The molecule has 10 aromatic carbocycles. The number of hydrogen-bond donors (Lipinski definition) is 0. The lowest BCUT2D eigenvalue weighted by atomic mass is 9.67. The molecule has 0 saturated carbocycles. The van der Waals surface area contributed by atoms with Gasteiger partial charge in [-0.15, -0.1) is 0 Å². The summed E-state index contributed by atoms with van der Waals surface area (Å²) in [4.78, 5) is 12.5. The second kappa shape index (κ2) is 16.6. The molecule has 0 fully saturated rings. The number of para-hydroxylation sites is 4. The van der Waals surface area contributed by atoms with Gasteiger partial charge in [-0.2, -0.15) is 5.26 Å². The quantitative estimate of drug-likeness (QED) is 0.172. The Balaban J connectivity index is 0.805. The number of rotatable bonds is 5. The monoisotopic (exact) mass is 1020 g/mol. The number of fused-ring (bicyclic) bond motifs is 18. The molecule has 17 rings (SSSR count). The van der Waals surface area contributed by atoms with Gasteiger partial charge in [0, 0.05) is 71.6 Å². The predicted octanol–water partition coefficient (Wildman–Crippen LogP) is 17.8. The average Bonchev–Trinajstić information content (AvgIpc) is 4.34. The smallest absolute Gasteiger partial charge is 0.0991 e. The molecular weight excluding hydrogens is 981 g/mol. The molecule has 0 bridgehead atoms. The summed E-state index contributed by atoms with van der Waals surface area (Å²) in [7, 11) is 0. The van der Waals surface area contributed by atoms with E-state index in [1.54, 1.807) is 0 Å². The lowest BCUT2D eigenvalue weighted by Crippen LogP contribution is -2.32. The number of aromatic nitrogens is 5. The van der Waals surface area contributed by atoms with Crippen molar-refractivity contribution in [2.75, 3.05) is 0 Å². The van der Waals surface area contributed by atoms with Crippen LogP contribution in [0.15, 0.2) is 265 Å². The van der Waals surface area contributed by atoms with Crippen LogP contribution in [0.2, 0.25) is 0 Å². The molecule has 0 amide bonds. The number of pyridine rings is 2. The van der Waals surface area contributed by atoms with E-state index in [0.29, 0.717) is 5.56 Å². The molecule has 15 aromatic rings. The second-order valence-electron chi connectivity index (χ2n) is 20.8. The van der Waals surface area contributed by atoms with Crippen LogP contribution >= 0.6 is 11.8 Å². The summed E-state index contributed by atoms with van der Waals surface area (Å²) in [6, 6.07) is 90.5. The topological polar surface area (TPSA) is 64.4 Å². The normalized spacial score (nSPS) is 13.1. The first kappa shape index (κ1) is 43.9. The van der Waals surface area contributed by atoms with Crippen molar-refractivity contribution in [2.24, 2.45) is 0 Å². The predicted molar refractivity (Wildman–Crippen MR) is 322 cm³/mol. The van der Waals surface area contributed by atoms with Crippen LogP contribution in [-0.2, 0) is 5.41 Å². The van der Waals surface area contributed by atoms with Crippen molar-refractivity contribution in [1.29, 1.82) is 5.26 Å². The van der Waals surface area contributed by atoms with Crippen molar-refractivity contribution in [2.45, 2.75) is 15.2 Å². The standard InChI is InChI=1S/C72H42N6S/c73-43-44-22-32-65-55(38-44)57-40-46(25-34-67(57)78(65)51-29-27-50(28-30-51)77-62-19-7-4-14-52(62)53-15-5-8-20-63(53)77)48-23-31-58-69(42-48)79-68-35-26-47(41-61(68)72(58)59-17-10-36-74-70(59)71-60(72)18-11-37-75-71)45-24-33-66-56(39-45)54-16-6-9-21-64(54)76(66)49-12-2-1-3-13-49/h1-42H. The Morgan fingerprint density at radius 1 is 0.329 bits per heavy atom. The Bertz CT molecular complexity index is 5030. The molecule has 1 aliphatic heterocycles. The van der Waals surface area contributed by atoms with Crippen LogP contribution in [0.3, 0.4) is 0 Å². The first-order chi connectivity index (χ1) is 39.1. The van der Waals surface area contributed by atoms with E-state index >= 15 is 0 Å². The van der Waals surface area contributed by atoms with Gasteiger partial charge in [-0.05, 0) is 172 Å². The first-order valence-electron chi connectivity index (χ1n) is 26.7. The highest BCUT2D eigenvalue weighted by Crippen LogP contribution is 2.62. The Morgan fingerprint density at radius 3 is 1.35 bits per heavy atom. The summed E-state index contributed by atoms with van der Waals surface area (Å²) in [5, 5.41) is 17.3. The third-order valence-electron chi connectivity index (χ3n) is 16.8. The second-order valence-corrected chi connectivity index (χ2v) is 21.9. The fraction of sp³-hybridized carbons (Fsp3) is 0.0139. The third-order valence-corrected chi connectivity index (χ3v) is 18.0. The Kier molecular flexibility index (Phi) is 9.24. The molecule has 1 spiro atoms. The third kappa shape index (κ3) is 6.17. The van der Waals surface area contributed by atoms with Crippen LogP contribution in [0, 0.1) is 11.3 Å². The van der Waals surface area contributed by atoms with Gasteiger partial charge in [-0.25, -0.2) is 0 Å². The van der Waals surface area contributed by atoms with E-state index < -0.39 is 5.41 Å². The average molecular weight is 1020 g/mol. The minimum absolute atomic E-state index is 0.633. The van der Waals surface area contributed by atoms with Crippen molar-refractivity contribution in [3.05, 3.63) is 283 Å². The summed E-state index contributed by atoms with van der Waals surface area (Å²) >= 11 is 1.84. The van der Waals surface area contributed by atoms with Crippen LogP contribution < -0.4 is 0 Å². The fourth-order valence-electron chi connectivity index (χ4n) is 13.5. The zero-order valence-corrected chi connectivity index (χ0v) is 43.2. The molecular formula is C72H42N6S. The summed E-state index contributed by atoms with van der Waals surface area (Å²) in [6.07, 6.45) is 3.79. The van der Waals surface area contributed by atoms with Crippen molar-refractivity contribution < 1.29 is 0 Å². The minimum Gasteiger partial charge on any atom is -0.309 e. The van der Waals surface area contributed by atoms with E-state index in [2.05, 4.69) is 250 Å².